The molecular formula is C15H30O2. The average Bonchev–Trinajstić information content (AvgIpc) is 2.37. The van der Waals surface area contributed by atoms with E-state index in [2.05, 4.69) is 6.92 Å². The molecule has 0 aromatic carbocycles. The molecule has 0 amide bonds. The summed E-state index contributed by atoms with van der Waals surface area (Å²) in [5.41, 5.74) is 0. The van der Waals surface area contributed by atoms with Crippen LogP contribution in [0, 0.1) is 5.92 Å². The van der Waals surface area contributed by atoms with Crippen molar-refractivity contribution in [1.82, 2.24) is 0 Å². The Kier molecular flexibility index (Phi) is 7.87. The van der Waals surface area contributed by atoms with E-state index in [1.54, 1.807) is 7.11 Å². The van der Waals surface area contributed by atoms with E-state index in [4.69, 9.17) is 4.74 Å². The maximum absolute atomic E-state index is 10.2. The molecule has 0 bridgehead atoms. The number of hydrogen-bond donors (Lipinski definition) is 1. The first-order valence-corrected chi connectivity index (χ1v) is 7.50. The van der Waals surface area contributed by atoms with Gasteiger partial charge in [-0.25, -0.2) is 0 Å². The zero-order valence-electron chi connectivity index (χ0n) is 11.7. The molecule has 17 heavy (non-hydrogen) atoms. The van der Waals surface area contributed by atoms with Crippen molar-refractivity contribution in [1.29, 1.82) is 0 Å². The standard InChI is InChI=1S/C15H30O2/c1-3-4-5-9-12-14(16)15(17-2)13-10-7-6-8-11-13/h13-16H,3-12H2,1-2H3. The summed E-state index contributed by atoms with van der Waals surface area (Å²) in [5.74, 6) is 0.593. The lowest BCUT2D eigenvalue weighted by molar-refractivity contribution is -0.0577. The van der Waals surface area contributed by atoms with Gasteiger partial charge in [0.2, 0.25) is 0 Å². The topological polar surface area (TPSA) is 29.5 Å². The Labute approximate surface area is 107 Å². The van der Waals surface area contributed by atoms with Crippen molar-refractivity contribution in [2.75, 3.05) is 7.11 Å². The summed E-state index contributed by atoms with van der Waals surface area (Å²) in [7, 11) is 1.76. The van der Waals surface area contributed by atoms with Gasteiger partial charge in [0.1, 0.15) is 0 Å². The van der Waals surface area contributed by atoms with Crippen LogP contribution in [0.15, 0.2) is 0 Å². The quantitative estimate of drug-likeness (QED) is 0.654. The van der Waals surface area contributed by atoms with E-state index in [-0.39, 0.29) is 12.2 Å². The van der Waals surface area contributed by atoms with Gasteiger partial charge in [-0.1, -0.05) is 51.9 Å². The minimum absolute atomic E-state index is 0.0805. The van der Waals surface area contributed by atoms with Crippen molar-refractivity contribution in [3.05, 3.63) is 0 Å². The Morgan fingerprint density at radius 3 is 2.41 bits per heavy atom. The van der Waals surface area contributed by atoms with Gasteiger partial charge < -0.3 is 9.84 Å². The third-order valence-electron chi connectivity index (χ3n) is 4.12. The van der Waals surface area contributed by atoms with Crippen molar-refractivity contribution in [2.45, 2.75) is 83.3 Å². The van der Waals surface area contributed by atoms with Gasteiger partial charge in [-0.15, -0.1) is 0 Å². The van der Waals surface area contributed by atoms with Crippen molar-refractivity contribution in [2.24, 2.45) is 5.92 Å². The summed E-state index contributed by atoms with van der Waals surface area (Å²) >= 11 is 0. The van der Waals surface area contributed by atoms with Crippen LogP contribution in [0.5, 0.6) is 0 Å². The van der Waals surface area contributed by atoms with E-state index >= 15 is 0 Å². The smallest absolute Gasteiger partial charge is 0.0858 e. The molecule has 0 heterocycles. The Morgan fingerprint density at radius 1 is 1.12 bits per heavy atom. The SMILES string of the molecule is CCCCCCC(O)C(OC)C1CCCCC1. The van der Waals surface area contributed by atoms with Gasteiger partial charge in [0, 0.05) is 7.11 Å². The number of unbranched alkanes of at least 4 members (excludes halogenated alkanes) is 3. The fourth-order valence-corrected chi connectivity index (χ4v) is 3.07. The highest BCUT2D eigenvalue weighted by Crippen LogP contribution is 2.30. The first-order valence-electron chi connectivity index (χ1n) is 7.50. The molecule has 0 saturated heterocycles. The van der Waals surface area contributed by atoms with Crippen LogP contribution >= 0.6 is 0 Å². The van der Waals surface area contributed by atoms with Crippen molar-refractivity contribution in [3.63, 3.8) is 0 Å². The van der Waals surface area contributed by atoms with Crippen molar-refractivity contribution >= 4 is 0 Å². The number of ether oxygens (including phenoxy) is 1. The zero-order valence-corrected chi connectivity index (χ0v) is 11.7. The monoisotopic (exact) mass is 242 g/mol. The molecule has 2 atom stereocenters. The minimum atomic E-state index is -0.250. The third kappa shape index (κ3) is 5.39. The molecule has 0 aromatic heterocycles. The van der Waals surface area contributed by atoms with Crippen LogP contribution in [0.3, 0.4) is 0 Å². The van der Waals surface area contributed by atoms with Gasteiger partial charge >= 0.3 is 0 Å². The molecule has 102 valence electrons. The van der Waals surface area contributed by atoms with E-state index in [0.29, 0.717) is 5.92 Å². The molecule has 0 aliphatic heterocycles. The van der Waals surface area contributed by atoms with Crippen LogP contribution in [0.25, 0.3) is 0 Å². The largest absolute Gasteiger partial charge is 0.390 e. The normalized spacial score (nSPS) is 21.4. The lowest BCUT2D eigenvalue weighted by Crippen LogP contribution is -2.36. The molecule has 1 aliphatic rings. The molecule has 1 aliphatic carbocycles. The summed E-state index contributed by atoms with van der Waals surface area (Å²) in [5, 5.41) is 10.2. The molecule has 0 spiro atoms. The summed E-state index contributed by atoms with van der Waals surface area (Å²) < 4.78 is 5.56. The van der Waals surface area contributed by atoms with Crippen molar-refractivity contribution in [3.8, 4) is 0 Å². The van der Waals surface area contributed by atoms with Gasteiger partial charge in [-0.3, -0.25) is 0 Å². The summed E-state index contributed by atoms with van der Waals surface area (Å²) in [6.45, 7) is 2.22. The minimum Gasteiger partial charge on any atom is -0.390 e. The summed E-state index contributed by atoms with van der Waals surface area (Å²) in [4.78, 5) is 0. The number of aliphatic hydroxyl groups is 1. The van der Waals surface area contributed by atoms with Gasteiger partial charge in [-0.05, 0) is 25.2 Å². The first kappa shape index (κ1) is 15.0. The first-order chi connectivity index (χ1) is 8.29. The molecule has 1 N–H and O–H groups in total. The molecule has 1 fully saturated rings. The Bertz CT molecular complexity index is 176. The van der Waals surface area contributed by atoms with E-state index in [0.717, 1.165) is 12.8 Å². The van der Waals surface area contributed by atoms with Gasteiger partial charge in [-0.2, -0.15) is 0 Å². The number of aliphatic hydroxyl groups excluding tert-OH is 1. The third-order valence-corrected chi connectivity index (χ3v) is 4.12. The highest BCUT2D eigenvalue weighted by atomic mass is 16.5. The van der Waals surface area contributed by atoms with E-state index in [1.807, 2.05) is 0 Å². The van der Waals surface area contributed by atoms with E-state index in [1.165, 1.54) is 51.4 Å². The fourth-order valence-electron chi connectivity index (χ4n) is 3.07. The highest BCUT2D eigenvalue weighted by Gasteiger charge is 2.28. The second kappa shape index (κ2) is 8.93. The predicted octanol–water partition coefficient (Wildman–Crippen LogP) is 3.91. The van der Waals surface area contributed by atoms with Crippen molar-refractivity contribution < 1.29 is 9.84 Å². The average molecular weight is 242 g/mol. The number of hydrogen-bond acceptors (Lipinski definition) is 2. The van der Waals surface area contributed by atoms with E-state index in [9.17, 15) is 5.11 Å². The van der Waals surface area contributed by atoms with Crippen LogP contribution in [-0.4, -0.2) is 24.4 Å². The Hall–Kier alpha value is -0.0800. The molecule has 2 heteroatoms. The molecule has 1 saturated carbocycles. The second-order valence-electron chi connectivity index (χ2n) is 5.52. The molecule has 2 unspecified atom stereocenters. The molecule has 0 aromatic rings. The van der Waals surface area contributed by atoms with Gasteiger partial charge in [0.15, 0.2) is 0 Å². The molecular weight excluding hydrogens is 212 g/mol. The van der Waals surface area contributed by atoms with Crippen LogP contribution in [0.1, 0.15) is 71.1 Å². The maximum atomic E-state index is 10.2. The molecule has 2 nitrogen and oxygen atoms in total. The Balaban J connectivity index is 2.26. The highest BCUT2D eigenvalue weighted by molar-refractivity contribution is 4.80. The fraction of sp³-hybridized carbons (Fsp3) is 1.00. The van der Waals surface area contributed by atoms with Crippen LogP contribution in [0.2, 0.25) is 0 Å². The van der Waals surface area contributed by atoms with Crippen LogP contribution < -0.4 is 0 Å². The summed E-state index contributed by atoms with van der Waals surface area (Å²) in [6.07, 6.45) is 12.1. The summed E-state index contributed by atoms with van der Waals surface area (Å²) in [6, 6.07) is 0. The van der Waals surface area contributed by atoms with Crippen LogP contribution in [0.4, 0.5) is 0 Å². The lowest BCUT2D eigenvalue weighted by Gasteiger charge is -2.32. The second-order valence-corrected chi connectivity index (χ2v) is 5.52. The molecule has 1 rings (SSSR count). The predicted molar refractivity (Wildman–Crippen MR) is 72.1 cm³/mol. The Morgan fingerprint density at radius 2 is 1.82 bits per heavy atom. The van der Waals surface area contributed by atoms with Crippen LogP contribution in [-0.2, 0) is 4.74 Å². The lowest BCUT2D eigenvalue weighted by atomic mass is 9.82. The van der Waals surface area contributed by atoms with E-state index < -0.39 is 0 Å². The zero-order chi connectivity index (χ0) is 12.5. The number of methoxy groups -OCH3 is 1. The molecule has 0 radical (unpaired) electrons. The maximum Gasteiger partial charge on any atom is 0.0858 e. The van der Waals surface area contributed by atoms with Gasteiger partial charge in [0.05, 0.1) is 12.2 Å². The number of rotatable bonds is 8. The van der Waals surface area contributed by atoms with Gasteiger partial charge in [0.25, 0.3) is 0 Å².